The van der Waals surface area contributed by atoms with Crippen LogP contribution in [0.3, 0.4) is 0 Å². The zero-order valence-electron chi connectivity index (χ0n) is 19.9. The van der Waals surface area contributed by atoms with Crippen molar-refractivity contribution in [1.29, 1.82) is 0 Å². The van der Waals surface area contributed by atoms with E-state index >= 15 is 0 Å². The Bertz CT molecular complexity index is 1310. The van der Waals surface area contributed by atoms with Crippen LogP contribution in [0.4, 0.5) is 5.69 Å². The van der Waals surface area contributed by atoms with Gasteiger partial charge < -0.3 is 9.84 Å². The number of hydrogen-bond donors (Lipinski definition) is 1. The molecule has 0 bridgehead atoms. The van der Waals surface area contributed by atoms with Crippen molar-refractivity contribution in [3.63, 3.8) is 0 Å². The number of carbonyl (C=O) groups excluding carboxylic acids is 3. The molecule has 1 unspecified atom stereocenters. The molecule has 0 aromatic heterocycles. The molecule has 0 saturated carbocycles. The van der Waals surface area contributed by atoms with E-state index in [1.54, 1.807) is 37.3 Å². The summed E-state index contributed by atoms with van der Waals surface area (Å²) in [5, 5.41) is 11.2. The van der Waals surface area contributed by atoms with Gasteiger partial charge in [-0.3, -0.25) is 19.3 Å². The predicted molar refractivity (Wildman–Crippen MR) is 134 cm³/mol. The Morgan fingerprint density at radius 2 is 1.63 bits per heavy atom. The van der Waals surface area contributed by atoms with Gasteiger partial charge in [-0.15, -0.1) is 0 Å². The van der Waals surface area contributed by atoms with Gasteiger partial charge in [-0.2, -0.15) is 0 Å². The fraction of sp³-hybridized carbons (Fsp3) is 0.207. The molecule has 178 valence electrons. The Balaban J connectivity index is 1.80. The number of rotatable bonds is 6. The van der Waals surface area contributed by atoms with E-state index in [1.165, 1.54) is 4.90 Å². The van der Waals surface area contributed by atoms with E-state index in [9.17, 15) is 19.5 Å². The predicted octanol–water partition coefficient (Wildman–Crippen LogP) is 5.04. The van der Waals surface area contributed by atoms with Crippen LogP contribution in [0.25, 0.3) is 5.76 Å². The second-order valence-corrected chi connectivity index (χ2v) is 8.53. The minimum Gasteiger partial charge on any atom is -0.507 e. The highest BCUT2D eigenvalue weighted by Crippen LogP contribution is 2.42. The Labute approximate surface area is 204 Å². The molecule has 3 aromatic rings. The highest BCUT2D eigenvalue weighted by atomic mass is 16.5. The molecule has 1 saturated heterocycles. The summed E-state index contributed by atoms with van der Waals surface area (Å²) in [7, 11) is 0. The first kappa shape index (κ1) is 24.0. The number of esters is 1. The van der Waals surface area contributed by atoms with Crippen molar-refractivity contribution in [2.24, 2.45) is 0 Å². The third-order valence-corrected chi connectivity index (χ3v) is 6.21. The van der Waals surface area contributed by atoms with E-state index in [-0.39, 0.29) is 23.7 Å². The van der Waals surface area contributed by atoms with Crippen LogP contribution in [-0.2, 0) is 25.5 Å². The summed E-state index contributed by atoms with van der Waals surface area (Å²) in [6.45, 7) is 5.95. The number of ether oxygens (including phenoxy) is 1. The van der Waals surface area contributed by atoms with Crippen molar-refractivity contribution < 1.29 is 24.2 Å². The molecular formula is C29H27NO5. The number of ketones is 1. The number of benzene rings is 3. The summed E-state index contributed by atoms with van der Waals surface area (Å²) in [4.78, 5) is 39.7. The molecule has 6 nitrogen and oxygen atoms in total. The lowest BCUT2D eigenvalue weighted by Gasteiger charge is -2.25. The van der Waals surface area contributed by atoms with Crippen LogP contribution in [0.15, 0.2) is 78.4 Å². The zero-order valence-corrected chi connectivity index (χ0v) is 19.9. The number of aliphatic hydroxyl groups excluding tert-OH is 1. The van der Waals surface area contributed by atoms with Crippen LogP contribution >= 0.6 is 0 Å². The first-order valence-corrected chi connectivity index (χ1v) is 11.5. The third kappa shape index (κ3) is 4.73. The standard InChI is InChI=1S/C29H27NO5/c1-4-35-24(31)17-20-11-14-23(15-12-20)30-26(21-8-6-5-7-9-21)25(28(33)29(30)34)27(32)22-13-10-18(2)19(3)16-22/h5-16,26,32H,4,17H2,1-3H3/b27-25-. The van der Waals surface area contributed by atoms with Gasteiger partial charge >= 0.3 is 5.97 Å². The van der Waals surface area contributed by atoms with Crippen LogP contribution in [0.1, 0.15) is 40.8 Å². The topological polar surface area (TPSA) is 83.9 Å². The van der Waals surface area contributed by atoms with Crippen molar-refractivity contribution in [2.45, 2.75) is 33.2 Å². The number of hydrogen-bond acceptors (Lipinski definition) is 5. The van der Waals surface area contributed by atoms with E-state index < -0.39 is 17.7 Å². The van der Waals surface area contributed by atoms with E-state index in [2.05, 4.69) is 0 Å². The van der Waals surface area contributed by atoms with E-state index in [1.807, 2.05) is 56.3 Å². The molecule has 1 fully saturated rings. The number of amides is 1. The first-order valence-electron chi connectivity index (χ1n) is 11.5. The average molecular weight is 470 g/mol. The molecule has 1 amide bonds. The molecule has 1 aliphatic heterocycles. The molecule has 6 heteroatoms. The van der Waals surface area contributed by atoms with Crippen LogP contribution < -0.4 is 4.90 Å². The van der Waals surface area contributed by atoms with Crippen molar-refractivity contribution in [2.75, 3.05) is 11.5 Å². The van der Waals surface area contributed by atoms with Crippen LogP contribution in [0.5, 0.6) is 0 Å². The minimum absolute atomic E-state index is 0.0417. The van der Waals surface area contributed by atoms with Crippen molar-refractivity contribution in [3.05, 3.63) is 106 Å². The smallest absolute Gasteiger partial charge is 0.310 e. The van der Waals surface area contributed by atoms with Gasteiger partial charge in [-0.1, -0.05) is 54.6 Å². The lowest BCUT2D eigenvalue weighted by molar-refractivity contribution is -0.142. The van der Waals surface area contributed by atoms with Crippen molar-refractivity contribution in [1.82, 2.24) is 0 Å². The van der Waals surface area contributed by atoms with Gasteiger partial charge in [0, 0.05) is 11.3 Å². The normalized spacial score (nSPS) is 17.0. The highest BCUT2D eigenvalue weighted by Gasteiger charge is 2.46. The second-order valence-electron chi connectivity index (χ2n) is 8.53. The van der Waals surface area contributed by atoms with Crippen molar-refractivity contribution in [3.8, 4) is 0 Å². The molecule has 0 radical (unpaired) electrons. The molecular weight excluding hydrogens is 442 g/mol. The van der Waals surface area contributed by atoms with Gasteiger partial charge in [0.1, 0.15) is 5.76 Å². The molecule has 0 spiro atoms. The minimum atomic E-state index is -0.797. The van der Waals surface area contributed by atoms with Gasteiger partial charge in [0.15, 0.2) is 0 Å². The van der Waals surface area contributed by atoms with Gasteiger partial charge in [-0.05, 0) is 61.2 Å². The fourth-order valence-electron chi connectivity index (χ4n) is 4.25. The largest absolute Gasteiger partial charge is 0.507 e. The number of Topliss-reactive ketones (excluding diaryl/α,β-unsaturated/α-hetero) is 1. The second kappa shape index (κ2) is 9.97. The number of carbonyl (C=O) groups is 3. The van der Waals surface area contributed by atoms with Gasteiger partial charge in [-0.25, -0.2) is 0 Å². The van der Waals surface area contributed by atoms with Crippen molar-refractivity contribution >= 4 is 29.1 Å². The Kier molecular flexibility index (Phi) is 6.82. The van der Waals surface area contributed by atoms with E-state index in [0.29, 0.717) is 23.4 Å². The molecule has 4 rings (SSSR count). The van der Waals surface area contributed by atoms with Crippen LogP contribution in [0.2, 0.25) is 0 Å². The van der Waals surface area contributed by atoms with Crippen LogP contribution in [-0.4, -0.2) is 29.4 Å². The Morgan fingerprint density at radius 1 is 0.943 bits per heavy atom. The van der Waals surface area contributed by atoms with Gasteiger partial charge in [0.2, 0.25) is 0 Å². The highest BCUT2D eigenvalue weighted by molar-refractivity contribution is 6.51. The number of aryl methyl sites for hydroxylation is 2. The molecule has 35 heavy (non-hydrogen) atoms. The SMILES string of the molecule is CCOC(=O)Cc1ccc(N2C(=O)C(=O)/C(=C(\O)c3ccc(C)c(C)c3)C2c2ccccc2)cc1. The molecule has 1 atom stereocenters. The number of anilines is 1. The molecule has 1 heterocycles. The van der Waals surface area contributed by atoms with Crippen LogP contribution in [0, 0.1) is 13.8 Å². The average Bonchev–Trinajstić information content (AvgIpc) is 3.12. The maximum atomic E-state index is 13.3. The summed E-state index contributed by atoms with van der Waals surface area (Å²) < 4.78 is 5.00. The summed E-state index contributed by atoms with van der Waals surface area (Å²) in [6.07, 6.45) is 0.113. The zero-order chi connectivity index (χ0) is 25.1. The first-order chi connectivity index (χ1) is 16.8. The molecule has 1 N–H and O–H groups in total. The fourth-order valence-corrected chi connectivity index (χ4v) is 4.25. The summed E-state index contributed by atoms with van der Waals surface area (Å²) in [5.74, 6) is -2.01. The maximum absolute atomic E-state index is 13.3. The van der Waals surface area contributed by atoms with E-state index in [0.717, 1.165) is 16.7 Å². The summed E-state index contributed by atoms with van der Waals surface area (Å²) in [6, 6.07) is 20.7. The molecule has 1 aliphatic rings. The number of aliphatic hydroxyl groups is 1. The quantitative estimate of drug-likeness (QED) is 0.237. The van der Waals surface area contributed by atoms with Gasteiger partial charge in [0.05, 0.1) is 24.6 Å². The summed E-state index contributed by atoms with van der Waals surface area (Å²) in [5.41, 5.74) is 4.48. The molecule has 0 aliphatic carbocycles. The monoisotopic (exact) mass is 469 g/mol. The lowest BCUT2D eigenvalue weighted by atomic mass is 9.94. The Morgan fingerprint density at radius 3 is 2.26 bits per heavy atom. The summed E-state index contributed by atoms with van der Waals surface area (Å²) >= 11 is 0. The van der Waals surface area contributed by atoms with E-state index in [4.69, 9.17) is 4.74 Å². The molecule has 3 aromatic carbocycles. The van der Waals surface area contributed by atoms with Gasteiger partial charge in [0.25, 0.3) is 11.7 Å². The number of nitrogens with zero attached hydrogens (tertiary/aromatic N) is 1. The maximum Gasteiger partial charge on any atom is 0.310 e. The Hall–Kier alpha value is -4.19. The lowest BCUT2D eigenvalue weighted by Crippen LogP contribution is -2.29. The third-order valence-electron chi connectivity index (χ3n) is 6.21.